The average Bonchev–Trinajstić information content (AvgIpc) is 1.81. The summed E-state index contributed by atoms with van der Waals surface area (Å²) in [5.74, 6) is 3.62. The topological polar surface area (TPSA) is 80.7 Å². The van der Waals surface area contributed by atoms with Crippen molar-refractivity contribution < 1.29 is 27.1 Å². The van der Waals surface area contributed by atoms with Gasteiger partial charge in [-0.25, -0.2) is 4.90 Å². The van der Waals surface area contributed by atoms with Gasteiger partial charge < -0.3 is 27.1 Å². The molecular formula is C72H46BN3O6. The van der Waals surface area contributed by atoms with Crippen molar-refractivity contribution in [3.8, 4) is 11.1 Å². The second kappa shape index (κ2) is 17.5. The van der Waals surface area contributed by atoms with Crippen molar-refractivity contribution in [2.75, 3.05) is 14.7 Å². The van der Waals surface area contributed by atoms with E-state index in [0.717, 1.165) is 111 Å². The van der Waals surface area contributed by atoms with Crippen molar-refractivity contribution in [2.24, 2.45) is 11.8 Å². The molecule has 18 rings (SSSR count). The quantitative estimate of drug-likeness (QED) is 0.138. The van der Waals surface area contributed by atoms with Crippen molar-refractivity contribution >= 4 is 119 Å². The van der Waals surface area contributed by atoms with Crippen LogP contribution in [0.4, 0.5) is 40.6 Å². The molecule has 0 fully saturated rings. The van der Waals surface area contributed by atoms with E-state index in [-0.39, 0.29) is 24.0 Å². The number of hydrogen-bond donors (Lipinski definition) is 0. The standard InChI is InChI=1S/C72H46BN3O6/c1-4-22-43(23-5-1)62-48-29-11-17-35-56(48)78-68(62)74(61-40-46-28-10-16-34-55(46)77-61)47-41-53-67-54(42-47)76(70-64(45-26-8-3-9-27-45)50-31-13-19-37-58(50)80-70)72-66(52-33-15-21-39-60(52)82-72)73(67)65-51-32-14-20-38-59(51)81-71(65)75(53)69-63(44-24-6-2-7-25-44)49-30-12-18-36-57(49)79-69/h1-42,49-50,57-58H. The van der Waals surface area contributed by atoms with E-state index in [1.165, 1.54) is 0 Å². The number of fused-ring (bicyclic) bond motifs is 12. The second-order valence-electron chi connectivity index (χ2n) is 21.7. The zero-order valence-electron chi connectivity index (χ0n) is 43.9. The first-order chi connectivity index (χ1) is 40.7. The zero-order valence-corrected chi connectivity index (χ0v) is 43.9. The first kappa shape index (κ1) is 45.3. The summed E-state index contributed by atoms with van der Waals surface area (Å²) in [5, 5.41) is 3.91. The van der Waals surface area contributed by atoms with Crippen LogP contribution in [0.25, 0.3) is 66.2 Å². The molecule has 12 aromatic rings. The molecule has 0 saturated carbocycles. The minimum Gasteiger partial charge on any atom is -0.470 e. The smallest absolute Gasteiger partial charge is 0.262 e. The minimum atomic E-state index is -0.414. The van der Waals surface area contributed by atoms with Gasteiger partial charge in [-0.2, -0.15) is 0 Å². The van der Waals surface area contributed by atoms with Crippen LogP contribution < -0.4 is 31.1 Å². The highest BCUT2D eigenvalue weighted by atomic mass is 16.5. The molecule has 4 aliphatic heterocycles. The summed E-state index contributed by atoms with van der Waals surface area (Å²) in [4.78, 5) is 6.68. The zero-order chi connectivity index (χ0) is 53.6. The molecule has 82 heavy (non-hydrogen) atoms. The predicted molar refractivity (Wildman–Crippen MR) is 327 cm³/mol. The summed E-state index contributed by atoms with van der Waals surface area (Å²) in [7, 11) is 0. The van der Waals surface area contributed by atoms with Gasteiger partial charge in [0.25, 0.3) is 6.71 Å². The molecule has 0 radical (unpaired) electrons. The lowest BCUT2D eigenvalue weighted by molar-refractivity contribution is 0.161. The van der Waals surface area contributed by atoms with Gasteiger partial charge in [0.2, 0.25) is 35.3 Å². The summed E-state index contributed by atoms with van der Waals surface area (Å²) < 4.78 is 44.3. The molecule has 0 bridgehead atoms. The molecule has 0 N–H and O–H groups in total. The minimum absolute atomic E-state index is 0.0983. The van der Waals surface area contributed by atoms with Gasteiger partial charge in [0, 0.05) is 61.5 Å². The number of para-hydroxylation sites is 4. The van der Waals surface area contributed by atoms with Gasteiger partial charge in [-0.05, 0) is 70.7 Å². The Kier molecular flexibility index (Phi) is 9.65. The predicted octanol–water partition coefficient (Wildman–Crippen LogP) is 16.2. The van der Waals surface area contributed by atoms with E-state index >= 15 is 0 Å². The third-order valence-corrected chi connectivity index (χ3v) is 17.2. The third-order valence-electron chi connectivity index (χ3n) is 17.2. The van der Waals surface area contributed by atoms with Crippen molar-refractivity contribution in [2.45, 2.75) is 12.2 Å². The van der Waals surface area contributed by atoms with Gasteiger partial charge in [0.1, 0.15) is 34.5 Å². The lowest BCUT2D eigenvalue weighted by Crippen LogP contribution is -2.61. The number of anilines is 7. The van der Waals surface area contributed by atoms with Gasteiger partial charge in [0.05, 0.1) is 22.6 Å². The van der Waals surface area contributed by atoms with E-state index in [1.54, 1.807) is 0 Å². The number of hydrogen-bond acceptors (Lipinski definition) is 9. The molecule has 8 heterocycles. The molecule has 6 aliphatic rings. The Morgan fingerprint density at radius 2 is 0.841 bits per heavy atom. The van der Waals surface area contributed by atoms with Crippen LogP contribution in [0.15, 0.2) is 284 Å². The first-order valence-electron chi connectivity index (χ1n) is 28.0. The summed E-state index contributed by atoms with van der Waals surface area (Å²) in [5.41, 5.74) is 14.6. The summed E-state index contributed by atoms with van der Waals surface area (Å²) in [6, 6.07) is 71.6. The maximum absolute atomic E-state index is 7.50. The Bertz CT molecular complexity index is 4590. The van der Waals surface area contributed by atoms with Gasteiger partial charge in [-0.1, -0.05) is 200 Å². The van der Waals surface area contributed by atoms with E-state index in [0.29, 0.717) is 35.3 Å². The van der Waals surface area contributed by atoms with Crippen LogP contribution in [0.5, 0.6) is 0 Å². The largest absolute Gasteiger partial charge is 0.470 e. The van der Waals surface area contributed by atoms with E-state index in [1.807, 2.05) is 48.5 Å². The van der Waals surface area contributed by atoms with Gasteiger partial charge in [-0.3, -0.25) is 9.80 Å². The maximum atomic E-state index is 7.50. The molecule has 8 aromatic carbocycles. The van der Waals surface area contributed by atoms with Crippen molar-refractivity contribution in [3.05, 3.63) is 278 Å². The highest BCUT2D eigenvalue weighted by molar-refractivity contribution is 7.02. The lowest BCUT2D eigenvalue weighted by Gasteiger charge is -2.41. The van der Waals surface area contributed by atoms with Crippen LogP contribution >= 0.6 is 0 Å². The highest BCUT2D eigenvalue weighted by Gasteiger charge is 2.54. The number of ether oxygens (including phenoxy) is 2. The summed E-state index contributed by atoms with van der Waals surface area (Å²) >= 11 is 0. The highest BCUT2D eigenvalue weighted by Crippen LogP contribution is 2.56. The molecule has 9 nitrogen and oxygen atoms in total. The Hall–Kier alpha value is -10.6. The Morgan fingerprint density at radius 3 is 1.38 bits per heavy atom. The van der Waals surface area contributed by atoms with Gasteiger partial charge >= 0.3 is 0 Å². The van der Waals surface area contributed by atoms with E-state index < -0.39 is 6.71 Å². The number of nitrogens with zero attached hydrogens (tertiary/aromatic N) is 3. The molecule has 0 amide bonds. The Balaban J connectivity index is 1.02. The van der Waals surface area contributed by atoms with Crippen LogP contribution in [-0.2, 0) is 9.47 Å². The van der Waals surface area contributed by atoms with E-state index in [2.05, 4.69) is 221 Å². The molecule has 388 valence electrons. The molecule has 4 aromatic heterocycles. The number of allylic oxidation sites excluding steroid dienone is 4. The third kappa shape index (κ3) is 6.51. The molecule has 2 aliphatic carbocycles. The van der Waals surface area contributed by atoms with Crippen molar-refractivity contribution in [1.82, 2.24) is 0 Å². The average molecular weight is 1060 g/mol. The van der Waals surface area contributed by atoms with Gasteiger partial charge in [-0.15, -0.1) is 0 Å². The lowest BCUT2D eigenvalue weighted by atomic mass is 9.33. The van der Waals surface area contributed by atoms with Crippen LogP contribution in [-0.4, -0.2) is 18.9 Å². The molecule has 0 saturated heterocycles. The second-order valence-corrected chi connectivity index (χ2v) is 21.7. The molecule has 0 spiro atoms. The first-order valence-corrected chi connectivity index (χ1v) is 28.0. The van der Waals surface area contributed by atoms with Crippen LogP contribution in [0.1, 0.15) is 11.1 Å². The van der Waals surface area contributed by atoms with E-state index in [9.17, 15) is 0 Å². The van der Waals surface area contributed by atoms with Crippen LogP contribution in [0, 0.1) is 11.8 Å². The number of benzene rings is 8. The Morgan fingerprint density at radius 1 is 0.390 bits per heavy atom. The van der Waals surface area contributed by atoms with Crippen LogP contribution in [0.2, 0.25) is 0 Å². The van der Waals surface area contributed by atoms with Crippen molar-refractivity contribution in [3.63, 3.8) is 0 Å². The normalized spacial score (nSPS) is 19.0. The monoisotopic (exact) mass is 1060 g/mol. The fourth-order valence-corrected chi connectivity index (χ4v) is 13.8. The van der Waals surface area contributed by atoms with Crippen LogP contribution in [0.3, 0.4) is 0 Å². The van der Waals surface area contributed by atoms with Gasteiger partial charge in [0.15, 0.2) is 0 Å². The number of furan rings is 4. The van der Waals surface area contributed by atoms with Crippen molar-refractivity contribution in [1.29, 1.82) is 0 Å². The summed E-state index contributed by atoms with van der Waals surface area (Å²) in [6.07, 6.45) is 16.7. The molecular weight excluding hydrogens is 1010 g/mol. The number of rotatable bonds is 8. The maximum Gasteiger partial charge on any atom is 0.262 e. The Labute approximate surface area is 471 Å². The SMILES string of the molecule is C1=CC2OC(N3c4cc(N(c5cc6ccccc6o5)c5oc6ccccc6c5-c5ccccc5)cc5c4B(c4c3oc3ccccc43)c3c(oc4ccccc34)N5C3=C(c4ccccc4)C4C=CC=CC4O3)=C(c3ccccc3)C2C=C1. The summed E-state index contributed by atoms with van der Waals surface area (Å²) in [6.45, 7) is -0.414. The fourth-order valence-electron chi connectivity index (χ4n) is 13.8. The molecule has 4 unspecified atom stereocenters. The molecule has 10 heteroatoms. The fraction of sp³-hybridized carbons (Fsp3) is 0.0556. The van der Waals surface area contributed by atoms with E-state index in [4.69, 9.17) is 27.1 Å². The molecule has 4 atom stereocenters.